The fourth-order valence-electron chi connectivity index (χ4n) is 3.12. The first-order valence-corrected chi connectivity index (χ1v) is 8.79. The van der Waals surface area contributed by atoms with Gasteiger partial charge in [0.1, 0.15) is 18.5 Å². The van der Waals surface area contributed by atoms with Gasteiger partial charge in [0.05, 0.1) is 17.9 Å². The molecule has 1 aromatic rings. The minimum Gasteiger partial charge on any atom is -0.387 e. The predicted molar refractivity (Wildman–Crippen MR) is 96.9 cm³/mol. The van der Waals surface area contributed by atoms with Crippen LogP contribution in [0.1, 0.15) is 12.5 Å². The quantitative estimate of drug-likeness (QED) is 0.660. The van der Waals surface area contributed by atoms with Gasteiger partial charge in [0.25, 0.3) is 0 Å². The number of nitrogens with zero attached hydrogens (tertiary/aromatic N) is 2. The third-order valence-corrected chi connectivity index (χ3v) is 4.59. The van der Waals surface area contributed by atoms with Crippen molar-refractivity contribution >= 4 is 23.2 Å². The lowest BCUT2D eigenvalue weighted by molar-refractivity contribution is -0.134. The standard InChI is InChI=1S/C18H23FN4O4/c1-12(25)20-10-14-9-16(21-27-14)13-2-3-17(15(19)8-13)22-4-6-23(7-5-22)18(26)11-24/h2-3,8-9,14,21,24H,4-7,10-11H2,1H3,(H,20,25). The Morgan fingerprint density at radius 3 is 2.70 bits per heavy atom. The van der Waals surface area contributed by atoms with Crippen molar-refractivity contribution in [1.29, 1.82) is 0 Å². The van der Waals surface area contributed by atoms with Gasteiger partial charge in [-0.15, -0.1) is 0 Å². The van der Waals surface area contributed by atoms with Crippen molar-refractivity contribution in [3.63, 3.8) is 0 Å². The van der Waals surface area contributed by atoms with Gasteiger partial charge in [-0.05, 0) is 18.2 Å². The van der Waals surface area contributed by atoms with Gasteiger partial charge < -0.3 is 20.2 Å². The molecule has 2 aliphatic heterocycles. The number of rotatable bonds is 5. The van der Waals surface area contributed by atoms with Gasteiger partial charge in [-0.1, -0.05) is 6.07 Å². The molecule has 8 nitrogen and oxygen atoms in total. The summed E-state index contributed by atoms with van der Waals surface area (Å²) < 4.78 is 14.6. The van der Waals surface area contributed by atoms with Crippen LogP contribution in [0.25, 0.3) is 5.70 Å². The number of benzene rings is 1. The average molecular weight is 378 g/mol. The summed E-state index contributed by atoms with van der Waals surface area (Å²) in [5, 5.41) is 11.6. The van der Waals surface area contributed by atoms with Crippen molar-refractivity contribution < 1.29 is 23.9 Å². The van der Waals surface area contributed by atoms with Gasteiger partial charge >= 0.3 is 0 Å². The smallest absolute Gasteiger partial charge is 0.248 e. The lowest BCUT2D eigenvalue weighted by Crippen LogP contribution is -2.49. The largest absolute Gasteiger partial charge is 0.387 e. The zero-order valence-corrected chi connectivity index (χ0v) is 15.1. The van der Waals surface area contributed by atoms with Gasteiger partial charge in [-0.25, -0.2) is 4.39 Å². The molecular formula is C18H23FN4O4. The number of aliphatic hydroxyl groups excluding tert-OH is 1. The molecule has 3 N–H and O–H groups in total. The Balaban J connectivity index is 1.64. The summed E-state index contributed by atoms with van der Waals surface area (Å²) >= 11 is 0. The molecule has 1 aromatic carbocycles. The maximum atomic E-state index is 14.6. The van der Waals surface area contributed by atoms with E-state index in [1.165, 1.54) is 13.0 Å². The van der Waals surface area contributed by atoms with Gasteiger partial charge in [-0.2, -0.15) is 0 Å². The van der Waals surface area contributed by atoms with Gasteiger partial charge in [0, 0.05) is 38.7 Å². The molecule has 0 aliphatic carbocycles. The molecule has 2 aliphatic rings. The van der Waals surface area contributed by atoms with E-state index in [1.54, 1.807) is 23.1 Å². The summed E-state index contributed by atoms with van der Waals surface area (Å²) in [4.78, 5) is 31.3. The number of hydroxylamine groups is 1. The predicted octanol–water partition coefficient (Wildman–Crippen LogP) is -0.153. The molecule has 0 saturated carbocycles. The molecule has 9 heteroatoms. The summed E-state index contributed by atoms with van der Waals surface area (Å²) in [5.74, 6) is -0.808. The van der Waals surface area contributed by atoms with Crippen LogP contribution in [0.5, 0.6) is 0 Å². The van der Waals surface area contributed by atoms with Gasteiger partial charge in [0.2, 0.25) is 11.8 Å². The third kappa shape index (κ3) is 4.55. The average Bonchev–Trinajstić information content (AvgIpc) is 3.15. The third-order valence-electron chi connectivity index (χ3n) is 4.59. The molecule has 2 heterocycles. The Kier molecular flexibility index (Phi) is 5.92. The van der Waals surface area contributed by atoms with Crippen LogP contribution >= 0.6 is 0 Å². The van der Waals surface area contributed by atoms with E-state index < -0.39 is 6.61 Å². The molecule has 1 fully saturated rings. The van der Waals surface area contributed by atoms with Crippen molar-refractivity contribution in [1.82, 2.24) is 15.7 Å². The van der Waals surface area contributed by atoms with E-state index >= 15 is 0 Å². The molecule has 146 valence electrons. The number of aliphatic hydroxyl groups is 1. The van der Waals surface area contributed by atoms with Crippen molar-refractivity contribution in [2.45, 2.75) is 13.0 Å². The number of hydrogen-bond acceptors (Lipinski definition) is 6. The summed E-state index contributed by atoms with van der Waals surface area (Å²) in [6, 6.07) is 4.94. The van der Waals surface area contributed by atoms with E-state index in [0.29, 0.717) is 49.7 Å². The fourth-order valence-corrected chi connectivity index (χ4v) is 3.12. The van der Waals surface area contributed by atoms with Gasteiger partial charge in [-0.3, -0.25) is 19.9 Å². The summed E-state index contributed by atoms with van der Waals surface area (Å²) in [5.41, 5.74) is 4.53. The molecule has 0 bridgehead atoms. The molecule has 1 unspecified atom stereocenters. The molecule has 2 amide bonds. The van der Waals surface area contributed by atoms with Crippen LogP contribution in [-0.4, -0.2) is 67.3 Å². The van der Waals surface area contributed by atoms with Gasteiger partial charge in [0.15, 0.2) is 0 Å². The number of nitrogens with one attached hydrogen (secondary N) is 2. The van der Waals surface area contributed by atoms with E-state index in [2.05, 4.69) is 10.8 Å². The molecular weight excluding hydrogens is 355 g/mol. The lowest BCUT2D eigenvalue weighted by Gasteiger charge is -2.36. The second kappa shape index (κ2) is 8.36. The number of hydrogen-bond donors (Lipinski definition) is 3. The van der Waals surface area contributed by atoms with Crippen LogP contribution in [0.2, 0.25) is 0 Å². The van der Waals surface area contributed by atoms with Crippen LogP contribution in [0.3, 0.4) is 0 Å². The number of anilines is 1. The first kappa shape index (κ1) is 19.1. The first-order valence-electron chi connectivity index (χ1n) is 8.79. The maximum Gasteiger partial charge on any atom is 0.248 e. The Morgan fingerprint density at radius 2 is 2.07 bits per heavy atom. The van der Waals surface area contributed by atoms with Crippen LogP contribution in [0.15, 0.2) is 24.3 Å². The highest BCUT2D eigenvalue weighted by molar-refractivity contribution is 5.77. The number of carbonyl (C=O) groups excluding carboxylic acids is 2. The van der Waals surface area contributed by atoms with Crippen molar-refractivity contribution in [3.8, 4) is 0 Å². The zero-order valence-electron chi connectivity index (χ0n) is 15.1. The van der Waals surface area contributed by atoms with E-state index in [-0.39, 0.29) is 23.7 Å². The van der Waals surface area contributed by atoms with E-state index in [0.717, 1.165) is 0 Å². The van der Waals surface area contributed by atoms with Crippen LogP contribution in [0.4, 0.5) is 10.1 Å². The highest BCUT2D eigenvalue weighted by Crippen LogP contribution is 2.26. The maximum absolute atomic E-state index is 14.6. The molecule has 0 radical (unpaired) electrons. The molecule has 1 saturated heterocycles. The van der Waals surface area contributed by atoms with Crippen LogP contribution < -0.4 is 15.7 Å². The van der Waals surface area contributed by atoms with Crippen molar-refractivity contribution in [2.24, 2.45) is 0 Å². The minimum absolute atomic E-state index is 0.142. The van der Waals surface area contributed by atoms with Crippen molar-refractivity contribution in [2.75, 3.05) is 44.2 Å². The Labute approximate surface area is 156 Å². The summed E-state index contributed by atoms with van der Waals surface area (Å²) in [6.07, 6.45) is 1.48. The monoisotopic (exact) mass is 378 g/mol. The van der Waals surface area contributed by atoms with E-state index in [4.69, 9.17) is 9.94 Å². The lowest BCUT2D eigenvalue weighted by atomic mass is 10.1. The van der Waals surface area contributed by atoms with E-state index in [1.807, 2.05) is 4.90 Å². The topological polar surface area (TPSA) is 94.1 Å². The van der Waals surface area contributed by atoms with Crippen LogP contribution in [0, 0.1) is 5.82 Å². The first-order chi connectivity index (χ1) is 13.0. The Bertz CT molecular complexity index is 747. The molecule has 0 spiro atoms. The zero-order chi connectivity index (χ0) is 19.4. The highest BCUT2D eigenvalue weighted by atomic mass is 19.1. The normalized spacial score (nSPS) is 19.5. The van der Waals surface area contributed by atoms with E-state index in [9.17, 15) is 14.0 Å². The second-order valence-electron chi connectivity index (χ2n) is 6.47. The number of halogens is 1. The minimum atomic E-state index is -0.504. The van der Waals surface area contributed by atoms with Crippen LogP contribution in [-0.2, 0) is 14.4 Å². The number of carbonyl (C=O) groups is 2. The molecule has 3 rings (SSSR count). The fraction of sp³-hybridized carbons (Fsp3) is 0.444. The summed E-state index contributed by atoms with van der Waals surface area (Å²) in [6.45, 7) is 3.17. The molecule has 27 heavy (non-hydrogen) atoms. The SMILES string of the molecule is CC(=O)NCC1C=C(c2ccc(N3CCN(C(=O)CO)CC3)c(F)c2)NO1. The summed E-state index contributed by atoms with van der Waals surface area (Å²) in [7, 11) is 0. The van der Waals surface area contributed by atoms with Crippen molar-refractivity contribution in [3.05, 3.63) is 35.7 Å². The number of piperazine rings is 1. The number of amides is 2. The molecule has 1 atom stereocenters. The highest BCUT2D eigenvalue weighted by Gasteiger charge is 2.23. The Morgan fingerprint density at radius 1 is 1.33 bits per heavy atom. The molecule has 0 aromatic heterocycles. The Hall–Kier alpha value is -2.65. The second-order valence-corrected chi connectivity index (χ2v) is 6.47.